The molecule has 3 N–H and O–H groups in total. The van der Waals surface area contributed by atoms with E-state index < -0.39 is 0 Å². The number of rotatable bonds is 5. The molecule has 0 bridgehead atoms. The Hall–Kier alpha value is -0.420. The number of aliphatic hydroxyl groups excluding tert-OH is 1. The van der Waals surface area contributed by atoms with Crippen molar-refractivity contribution < 1.29 is 5.11 Å². The molecule has 0 fully saturated rings. The van der Waals surface area contributed by atoms with Crippen LogP contribution in [0.2, 0.25) is 0 Å². The average Bonchev–Trinajstić information content (AvgIpc) is 2.54. The third kappa shape index (κ3) is 2.78. The van der Waals surface area contributed by atoms with Gasteiger partial charge in [-0.1, -0.05) is 0 Å². The van der Waals surface area contributed by atoms with Gasteiger partial charge < -0.3 is 10.8 Å². The van der Waals surface area contributed by atoms with Crippen molar-refractivity contribution in [2.75, 3.05) is 26.7 Å². The largest absolute Gasteiger partial charge is 0.395 e. The van der Waals surface area contributed by atoms with E-state index in [-0.39, 0.29) is 12.6 Å². The molecule has 3 nitrogen and oxygen atoms in total. The van der Waals surface area contributed by atoms with Crippen LogP contribution in [0, 0.1) is 6.92 Å². The van der Waals surface area contributed by atoms with Crippen molar-refractivity contribution in [3.05, 3.63) is 21.9 Å². The first kappa shape index (κ1) is 11.7. The first-order valence-electron chi connectivity index (χ1n) is 4.76. The Morgan fingerprint density at radius 2 is 2.29 bits per heavy atom. The normalized spacial score (nSPS) is 13.5. The zero-order valence-electron chi connectivity index (χ0n) is 8.73. The van der Waals surface area contributed by atoms with Gasteiger partial charge in [-0.15, -0.1) is 11.3 Å². The van der Waals surface area contributed by atoms with Crippen molar-refractivity contribution in [1.82, 2.24) is 4.90 Å². The molecule has 1 atom stereocenters. The number of aliphatic hydroxyl groups is 1. The third-order valence-corrected chi connectivity index (χ3v) is 3.40. The number of hydrogen-bond acceptors (Lipinski definition) is 4. The van der Waals surface area contributed by atoms with E-state index in [1.165, 1.54) is 9.75 Å². The predicted molar refractivity (Wildman–Crippen MR) is 60.6 cm³/mol. The maximum atomic E-state index is 8.85. The second kappa shape index (κ2) is 5.46. The quantitative estimate of drug-likeness (QED) is 0.768. The van der Waals surface area contributed by atoms with Gasteiger partial charge in [0.05, 0.1) is 12.6 Å². The van der Waals surface area contributed by atoms with Crippen molar-refractivity contribution in [3.63, 3.8) is 0 Å². The summed E-state index contributed by atoms with van der Waals surface area (Å²) in [6.07, 6.45) is 0. The highest BCUT2D eigenvalue weighted by Crippen LogP contribution is 2.25. The van der Waals surface area contributed by atoms with Crippen LogP contribution in [0.15, 0.2) is 12.1 Å². The Kier molecular flexibility index (Phi) is 4.54. The van der Waals surface area contributed by atoms with Crippen LogP contribution < -0.4 is 5.73 Å². The molecule has 1 rings (SSSR count). The van der Waals surface area contributed by atoms with Crippen molar-refractivity contribution in [2.24, 2.45) is 5.73 Å². The molecule has 0 saturated heterocycles. The Morgan fingerprint density at radius 1 is 1.57 bits per heavy atom. The van der Waals surface area contributed by atoms with E-state index >= 15 is 0 Å². The minimum atomic E-state index is 0.178. The van der Waals surface area contributed by atoms with E-state index in [2.05, 4.69) is 24.0 Å². The Bertz CT molecular complexity index is 275. The molecule has 1 aromatic rings. The highest BCUT2D eigenvalue weighted by molar-refractivity contribution is 7.12. The lowest BCUT2D eigenvalue weighted by Gasteiger charge is -2.25. The van der Waals surface area contributed by atoms with Crippen LogP contribution in [-0.4, -0.2) is 36.8 Å². The summed E-state index contributed by atoms with van der Waals surface area (Å²) >= 11 is 1.77. The van der Waals surface area contributed by atoms with Crippen LogP contribution in [-0.2, 0) is 0 Å². The molecule has 1 unspecified atom stereocenters. The molecule has 0 aromatic carbocycles. The lowest BCUT2D eigenvalue weighted by atomic mass is 10.2. The number of nitrogens with two attached hydrogens (primary N) is 1. The average molecular weight is 214 g/mol. The minimum absolute atomic E-state index is 0.178. The van der Waals surface area contributed by atoms with Gasteiger partial charge in [0, 0.05) is 22.8 Å². The molecule has 4 heteroatoms. The fraction of sp³-hybridized carbons (Fsp3) is 0.600. The molecular weight excluding hydrogens is 196 g/mol. The number of hydrogen-bond donors (Lipinski definition) is 2. The second-order valence-electron chi connectivity index (χ2n) is 3.40. The lowest BCUT2D eigenvalue weighted by molar-refractivity contribution is 0.185. The summed E-state index contributed by atoms with van der Waals surface area (Å²) in [5.74, 6) is 0. The van der Waals surface area contributed by atoms with Crippen LogP contribution >= 0.6 is 11.3 Å². The smallest absolute Gasteiger partial charge is 0.0562 e. The van der Waals surface area contributed by atoms with Crippen molar-refractivity contribution in [2.45, 2.75) is 13.0 Å². The summed E-state index contributed by atoms with van der Waals surface area (Å²) in [5, 5.41) is 8.85. The van der Waals surface area contributed by atoms with Crippen LogP contribution in [0.4, 0.5) is 0 Å². The van der Waals surface area contributed by atoms with E-state index in [0.29, 0.717) is 13.1 Å². The summed E-state index contributed by atoms with van der Waals surface area (Å²) in [6, 6.07) is 4.46. The zero-order chi connectivity index (χ0) is 10.6. The monoisotopic (exact) mass is 214 g/mol. The fourth-order valence-electron chi connectivity index (χ4n) is 1.46. The van der Waals surface area contributed by atoms with Gasteiger partial charge in [-0.25, -0.2) is 0 Å². The van der Waals surface area contributed by atoms with E-state index in [1.807, 2.05) is 7.05 Å². The van der Waals surface area contributed by atoms with Gasteiger partial charge in [0.2, 0.25) is 0 Å². The molecule has 0 aliphatic carbocycles. The number of thiophene rings is 1. The molecule has 0 spiro atoms. The topological polar surface area (TPSA) is 49.5 Å². The maximum absolute atomic E-state index is 8.85. The van der Waals surface area contributed by atoms with Crippen molar-refractivity contribution in [3.8, 4) is 0 Å². The van der Waals surface area contributed by atoms with Gasteiger partial charge in [0.1, 0.15) is 0 Å². The zero-order valence-corrected chi connectivity index (χ0v) is 9.55. The van der Waals surface area contributed by atoms with E-state index in [1.54, 1.807) is 11.3 Å². The van der Waals surface area contributed by atoms with Crippen LogP contribution in [0.1, 0.15) is 15.8 Å². The highest BCUT2D eigenvalue weighted by atomic mass is 32.1. The third-order valence-electron chi connectivity index (χ3n) is 2.30. The van der Waals surface area contributed by atoms with Crippen LogP contribution in [0.3, 0.4) is 0 Å². The molecule has 0 radical (unpaired) electrons. The van der Waals surface area contributed by atoms with Crippen molar-refractivity contribution >= 4 is 11.3 Å². The van der Waals surface area contributed by atoms with Crippen LogP contribution in [0.25, 0.3) is 0 Å². The number of nitrogens with zero attached hydrogens (tertiary/aromatic N) is 1. The van der Waals surface area contributed by atoms with E-state index in [4.69, 9.17) is 10.8 Å². The Morgan fingerprint density at radius 3 is 2.71 bits per heavy atom. The van der Waals surface area contributed by atoms with Crippen LogP contribution in [0.5, 0.6) is 0 Å². The van der Waals surface area contributed by atoms with E-state index in [9.17, 15) is 0 Å². The Labute approximate surface area is 89.2 Å². The van der Waals surface area contributed by atoms with Crippen molar-refractivity contribution in [1.29, 1.82) is 0 Å². The molecule has 14 heavy (non-hydrogen) atoms. The van der Waals surface area contributed by atoms with E-state index in [0.717, 1.165) is 0 Å². The van der Waals surface area contributed by atoms with Gasteiger partial charge >= 0.3 is 0 Å². The maximum Gasteiger partial charge on any atom is 0.0562 e. The molecule has 1 heterocycles. The number of aryl methyl sites for hydroxylation is 1. The van der Waals surface area contributed by atoms with Gasteiger partial charge in [0.15, 0.2) is 0 Å². The first-order valence-corrected chi connectivity index (χ1v) is 5.58. The summed E-state index contributed by atoms with van der Waals surface area (Å²) < 4.78 is 0. The summed E-state index contributed by atoms with van der Waals surface area (Å²) in [7, 11) is 1.99. The van der Waals surface area contributed by atoms with Gasteiger partial charge in [-0.3, -0.25) is 4.90 Å². The summed E-state index contributed by atoms with van der Waals surface area (Å²) in [6.45, 7) is 3.53. The molecule has 0 aliphatic heterocycles. The highest BCUT2D eigenvalue weighted by Gasteiger charge is 2.16. The SMILES string of the molecule is Cc1ccc(C(CN)N(C)CCO)s1. The number of likely N-dealkylation sites (N-methyl/N-ethyl adjacent to an activating group) is 1. The summed E-state index contributed by atoms with van der Waals surface area (Å²) in [4.78, 5) is 4.67. The predicted octanol–water partition coefficient (Wildman–Crippen LogP) is 0.980. The fourth-order valence-corrected chi connectivity index (χ4v) is 2.52. The Balaban J connectivity index is 2.71. The van der Waals surface area contributed by atoms with Gasteiger partial charge in [-0.2, -0.15) is 0 Å². The molecule has 1 aromatic heterocycles. The second-order valence-corrected chi connectivity index (χ2v) is 4.72. The molecular formula is C10H18N2OS. The molecule has 80 valence electrons. The minimum Gasteiger partial charge on any atom is -0.395 e. The first-order chi connectivity index (χ1) is 6.69. The molecule has 0 saturated carbocycles. The van der Waals surface area contributed by atoms with Gasteiger partial charge in [-0.05, 0) is 26.1 Å². The molecule has 0 aliphatic rings. The summed E-state index contributed by atoms with van der Waals surface area (Å²) in [5.41, 5.74) is 5.73. The molecule has 0 amide bonds. The lowest BCUT2D eigenvalue weighted by Crippen LogP contribution is -2.32. The standard InChI is InChI=1S/C10H18N2OS/c1-8-3-4-10(14-8)9(7-11)12(2)5-6-13/h3-4,9,13H,5-7,11H2,1-2H3. The van der Waals surface area contributed by atoms with Gasteiger partial charge in [0.25, 0.3) is 0 Å².